The van der Waals surface area contributed by atoms with Crippen molar-refractivity contribution in [1.29, 1.82) is 0 Å². The lowest BCUT2D eigenvalue weighted by molar-refractivity contribution is -0.166. The van der Waals surface area contributed by atoms with E-state index in [2.05, 4.69) is 0 Å². The monoisotopic (exact) mass is 367 g/mol. The van der Waals surface area contributed by atoms with E-state index in [9.17, 15) is 23.9 Å². The fourth-order valence-electron chi connectivity index (χ4n) is 3.01. The molecule has 0 aromatic heterocycles. The van der Waals surface area contributed by atoms with Crippen molar-refractivity contribution in [2.75, 3.05) is 6.54 Å². The maximum absolute atomic E-state index is 13.3. The van der Waals surface area contributed by atoms with Gasteiger partial charge in [0.15, 0.2) is 0 Å². The van der Waals surface area contributed by atoms with Gasteiger partial charge in [-0.05, 0) is 36.5 Å². The Bertz CT molecular complexity index is 679. The largest absolute Gasteiger partial charge is 0.480 e. The molecule has 1 aliphatic heterocycles. The Kier molecular flexibility index (Phi) is 6.54. The molecule has 7 nitrogen and oxygen atoms in total. The molecule has 26 heavy (non-hydrogen) atoms. The molecule has 1 fully saturated rings. The van der Waals surface area contributed by atoms with Crippen molar-refractivity contribution in [2.45, 2.75) is 45.4 Å². The van der Waals surface area contributed by atoms with Crippen molar-refractivity contribution in [3.63, 3.8) is 0 Å². The highest BCUT2D eigenvalue weighted by Gasteiger charge is 2.41. The predicted molar refractivity (Wildman–Crippen MR) is 88.7 cm³/mol. The maximum atomic E-state index is 13.3. The standard InChI is InChI=1S/C18H22FNO6/c1-3-16(21)25-11(2)26-18(24)20-10-13(9-15(20)17(22)23)7-12-5-4-6-14(19)8-12/h4-6,8,11,13,15H,3,7,9-10H2,1-2H3,(H,22,23)/t11-,13+,15+/m1/s1. The number of ether oxygens (including phenoxy) is 2. The van der Waals surface area contributed by atoms with Gasteiger partial charge >= 0.3 is 18.0 Å². The third kappa shape index (κ3) is 5.18. The molecule has 0 radical (unpaired) electrons. The van der Waals surface area contributed by atoms with Crippen molar-refractivity contribution in [2.24, 2.45) is 5.92 Å². The van der Waals surface area contributed by atoms with E-state index < -0.39 is 30.4 Å². The Balaban J connectivity index is 2.01. The first-order valence-electron chi connectivity index (χ1n) is 8.44. The number of aliphatic carboxylic acids is 1. The molecule has 2 rings (SSSR count). The van der Waals surface area contributed by atoms with Gasteiger partial charge in [0.05, 0.1) is 0 Å². The number of carboxylic acid groups (broad SMARTS) is 1. The highest BCUT2D eigenvalue weighted by atomic mass is 19.1. The van der Waals surface area contributed by atoms with E-state index in [1.165, 1.54) is 19.1 Å². The summed E-state index contributed by atoms with van der Waals surface area (Å²) in [5, 5.41) is 9.38. The van der Waals surface area contributed by atoms with Gasteiger partial charge in [0.2, 0.25) is 6.29 Å². The van der Waals surface area contributed by atoms with Gasteiger partial charge in [-0.1, -0.05) is 19.1 Å². The van der Waals surface area contributed by atoms with E-state index in [0.29, 0.717) is 6.42 Å². The van der Waals surface area contributed by atoms with Gasteiger partial charge in [-0.15, -0.1) is 0 Å². The third-order valence-electron chi connectivity index (χ3n) is 4.17. The summed E-state index contributed by atoms with van der Waals surface area (Å²) in [6, 6.07) is 5.04. The molecule has 1 saturated heterocycles. The number of carbonyl (C=O) groups excluding carboxylic acids is 2. The molecule has 1 N–H and O–H groups in total. The fourth-order valence-corrected chi connectivity index (χ4v) is 3.01. The summed E-state index contributed by atoms with van der Waals surface area (Å²) in [4.78, 5) is 36.1. The smallest absolute Gasteiger partial charge is 0.413 e. The van der Waals surface area contributed by atoms with Crippen LogP contribution in [0.5, 0.6) is 0 Å². The number of hydrogen-bond donors (Lipinski definition) is 1. The van der Waals surface area contributed by atoms with Gasteiger partial charge in [-0.3, -0.25) is 9.69 Å². The minimum atomic E-state index is -1.14. The molecule has 3 atom stereocenters. The third-order valence-corrected chi connectivity index (χ3v) is 4.17. The molecule has 0 aliphatic carbocycles. The summed E-state index contributed by atoms with van der Waals surface area (Å²) in [5.41, 5.74) is 0.736. The van der Waals surface area contributed by atoms with Crippen LogP contribution in [0.25, 0.3) is 0 Å². The topological polar surface area (TPSA) is 93.1 Å². The molecule has 1 amide bonds. The molecular weight excluding hydrogens is 345 g/mol. The second-order valence-corrected chi connectivity index (χ2v) is 6.24. The minimum Gasteiger partial charge on any atom is -0.480 e. The molecular formula is C18H22FNO6. The Morgan fingerprint density at radius 3 is 2.69 bits per heavy atom. The highest BCUT2D eigenvalue weighted by molar-refractivity contribution is 5.81. The first kappa shape index (κ1) is 19.7. The summed E-state index contributed by atoms with van der Waals surface area (Å²) >= 11 is 0. The molecule has 1 heterocycles. The quantitative estimate of drug-likeness (QED) is 0.614. The lowest BCUT2D eigenvalue weighted by atomic mass is 9.97. The molecule has 0 spiro atoms. The molecule has 1 aromatic carbocycles. The second kappa shape index (κ2) is 8.64. The van der Waals surface area contributed by atoms with Crippen LogP contribution in [0.1, 0.15) is 32.3 Å². The van der Waals surface area contributed by atoms with Crippen LogP contribution in [-0.4, -0.2) is 46.9 Å². The Hall–Kier alpha value is -2.64. The maximum Gasteiger partial charge on any atom is 0.413 e. The van der Waals surface area contributed by atoms with Crippen LogP contribution in [0.15, 0.2) is 24.3 Å². The Morgan fingerprint density at radius 2 is 2.08 bits per heavy atom. The molecule has 8 heteroatoms. The first-order chi connectivity index (χ1) is 12.3. The fraction of sp³-hybridized carbons (Fsp3) is 0.500. The van der Waals surface area contributed by atoms with E-state index >= 15 is 0 Å². The van der Waals surface area contributed by atoms with Crippen molar-refractivity contribution >= 4 is 18.0 Å². The number of rotatable bonds is 6. The number of halogens is 1. The van der Waals surface area contributed by atoms with Crippen LogP contribution in [0, 0.1) is 11.7 Å². The number of carboxylic acids is 1. The van der Waals surface area contributed by atoms with Crippen LogP contribution in [0.3, 0.4) is 0 Å². The average Bonchev–Trinajstić information content (AvgIpc) is 2.98. The number of esters is 1. The molecule has 0 bridgehead atoms. The van der Waals surface area contributed by atoms with Gasteiger partial charge in [0.25, 0.3) is 0 Å². The average molecular weight is 367 g/mol. The Labute approximate surface area is 150 Å². The zero-order valence-electron chi connectivity index (χ0n) is 14.7. The van der Waals surface area contributed by atoms with Crippen LogP contribution < -0.4 is 0 Å². The summed E-state index contributed by atoms with van der Waals surface area (Å²) in [7, 11) is 0. The molecule has 0 unspecified atom stereocenters. The van der Waals surface area contributed by atoms with Gasteiger partial charge < -0.3 is 14.6 Å². The summed E-state index contributed by atoms with van der Waals surface area (Å²) in [5.74, 6) is -2.16. The number of carbonyl (C=O) groups is 3. The van der Waals surface area contributed by atoms with E-state index in [0.717, 1.165) is 10.5 Å². The van der Waals surface area contributed by atoms with E-state index in [-0.39, 0.29) is 31.1 Å². The molecule has 1 aromatic rings. The predicted octanol–water partition coefficient (Wildman–Crippen LogP) is 2.58. The van der Waals surface area contributed by atoms with Crippen LogP contribution in [-0.2, 0) is 25.5 Å². The molecule has 142 valence electrons. The summed E-state index contributed by atoms with van der Waals surface area (Å²) < 4.78 is 23.2. The lowest BCUT2D eigenvalue weighted by Gasteiger charge is -2.23. The number of benzene rings is 1. The Morgan fingerprint density at radius 1 is 1.35 bits per heavy atom. The minimum absolute atomic E-state index is 0.138. The molecule has 1 aliphatic rings. The van der Waals surface area contributed by atoms with Crippen LogP contribution >= 0.6 is 0 Å². The molecule has 0 saturated carbocycles. The summed E-state index contributed by atoms with van der Waals surface area (Å²) in [6.07, 6.45) is -1.13. The van der Waals surface area contributed by atoms with Crippen molar-refractivity contribution in [1.82, 2.24) is 4.90 Å². The number of amides is 1. The van der Waals surface area contributed by atoms with E-state index in [4.69, 9.17) is 9.47 Å². The van der Waals surface area contributed by atoms with Gasteiger partial charge in [-0.25, -0.2) is 14.0 Å². The van der Waals surface area contributed by atoms with Gasteiger partial charge in [-0.2, -0.15) is 0 Å². The van der Waals surface area contributed by atoms with Gasteiger partial charge in [0, 0.05) is 19.9 Å². The summed E-state index contributed by atoms with van der Waals surface area (Å²) in [6.45, 7) is 3.16. The first-order valence-corrected chi connectivity index (χ1v) is 8.44. The normalized spacial score (nSPS) is 20.5. The zero-order chi connectivity index (χ0) is 19.3. The van der Waals surface area contributed by atoms with E-state index in [1.54, 1.807) is 19.1 Å². The number of nitrogens with zero attached hydrogens (tertiary/aromatic N) is 1. The highest BCUT2D eigenvalue weighted by Crippen LogP contribution is 2.28. The lowest BCUT2D eigenvalue weighted by Crippen LogP contribution is -2.42. The van der Waals surface area contributed by atoms with Crippen LogP contribution in [0.4, 0.5) is 9.18 Å². The number of hydrogen-bond acceptors (Lipinski definition) is 5. The SMILES string of the molecule is CCC(=O)O[C@@H](C)OC(=O)N1C[C@@H](Cc2cccc(F)c2)C[C@H]1C(=O)O. The second-order valence-electron chi connectivity index (χ2n) is 6.24. The number of likely N-dealkylation sites (tertiary alicyclic amines) is 1. The van der Waals surface area contributed by atoms with Crippen molar-refractivity contribution < 1.29 is 33.4 Å². The van der Waals surface area contributed by atoms with Crippen molar-refractivity contribution in [3.05, 3.63) is 35.6 Å². The van der Waals surface area contributed by atoms with Gasteiger partial charge in [0.1, 0.15) is 11.9 Å². The van der Waals surface area contributed by atoms with Crippen molar-refractivity contribution in [3.8, 4) is 0 Å². The van der Waals surface area contributed by atoms with Crippen LogP contribution in [0.2, 0.25) is 0 Å². The zero-order valence-corrected chi connectivity index (χ0v) is 14.7. The van der Waals surface area contributed by atoms with E-state index in [1.807, 2.05) is 0 Å².